The summed E-state index contributed by atoms with van der Waals surface area (Å²) in [7, 11) is 0. The van der Waals surface area contributed by atoms with Gasteiger partial charge in [0.05, 0.1) is 17.8 Å². The van der Waals surface area contributed by atoms with E-state index in [1.54, 1.807) is 12.1 Å². The number of nitrogen functional groups attached to an aromatic ring is 1. The first kappa shape index (κ1) is 11.9. The SMILES string of the molecule is Nc1cccnc1C(=O)N[C@H]1CCCC[C@@H]1O. The van der Waals surface area contributed by atoms with Crippen molar-refractivity contribution in [2.75, 3.05) is 5.73 Å². The molecule has 2 rings (SSSR count). The molecule has 0 unspecified atom stereocenters. The zero-order valence-corrected chi connectivity index (χ0v) is 9.60. The molecule has 0 aliphatic heterocycles. The smallest absolute Gasteiger partial charge is 0.272 e. The van der Waals surface area contributed by atoms with E-state index >= 15 is 0 Å². The second-order valence-corrected chi connectivity index (χ2v) is 4.37. The highest BCUT2D eigenvalue weighted by atomic mass is 16.3. The lowest BCUT2D eigenvalue weighted by molar-refractivity contribution is 0.0714. The molecule has 0 radical (unpaired) electrons. The van der Waals surface area contributed by atoms with Crippen molar-refractivity contribution in [2.45, 2.75) is 37.8 Å². The van der Waals surface area contributed by atoms with E-state index in [0.29, 0.717) is 5.69 Å². The first-order chi connectivity index (χ1) is 8.18. The zero-order chi connectivity index (χ0) is 12.3. The third-order valence-corrected chi connectivity index (χ3v) is 3.10. The minimum atomic E-state index is -0.461. The molecule has 1 heterocycles. The summed E-state index contributed by atoms with van der Waals surface area (Å²) >= 11 is 0. The van der Waals surface area contributed by atoms with Crippen molar-refractivity contribution in [3.8, 4) is 0 Å². The fourth-order valence-corrected chi connectivity index (χ4v) is 2.12. The molecule has 1 aromatic rings. The quantitative estimate of drug-likeness (QED) is 0.704. The maximum atomic E-state index is 11.9. The van der Waals surface area contributed by atoms with Crippen LogP contribution in [0.2, 0.25) is 0 Å². The van der Waals surface area contributed by atoms with Gasteiger partial charge in [0, 0.05) is 6.20 Å². The van der Waals surface area contributed by atoms with Gasteiger partial charge in [-0.1, -0.05) is 12.8 Å². The summed E-state index contributed by atoms with van der Waals surface area (Å²) in [5, 5.41) is 12.6. The highest BCUT2D eigenvalue weighted by Crippen LogP contribution is 2.19. The van der Waals surface area contributed by atoms with Gasteiger partial charge in [0.1, 0.15) is 0 Å². The third kappa shape index (κ3) is 2.74. The van der Waals surface area contributed by atoms with Gasteiger partial charge in [0.15, 0.2) is 5.69 Å². The topological polar surface area (TPSA) is 88.2 Å². The largest absolute Gasteiger partial charge is 0.397 e. The Labute approximate surface area is 100 Å². The van der Waals surface area contributed by atoms with Crippen LogP contribution in [0.15, 0.2) is 18.3 Å². The Morgan fingerprint density at radius 2 is 2.24 bits per heavy atom. The summed E-state index contributed by atoms with van der Waals surface area (Å²) in [6.45, 7) is 0. The monoisotopic (exact) mass is 235 g/mol. The number of nitrogens with zero attached hydrogens (tertiary/aromatic N) is 1. The van der Waals surface area contributed by atoms with Crippen molar-refractivity contribution in [1.29, 1.82) is 0 Å². The molecule has 0 saturated heterocycles. The van der Waals surface area contributed by atoms with Crippen molar-refractivity contribution in [3.63, 3.8) is 0 Å². The summed E-state index contributed by atoms with van der Waals surface area (Å²) in [6, 6.07) is 3.14. The van der Waals surface area contributed by atoms with Crippen LogP contribution < -0.4 is 11.1 Å². The number of anilines is 1. The molecule has 5 nitrogen and oxygen atoms in total. The molecule has 1 fully saturated rings. The standard InChI is InChI=1S/C12H17N3O2/c13-8-4-3-7-14-11(8)12(17)15-9-5-1-2-6-10(9)16/h3-4,7,9-10,16H,1-2,5-6,13H2,(H,15,17)/t9-,10-/m0/s1. The Hall–Kier alpha value is -1.62. The van der Waals surface area contributed by atoms with Crippen molar-refractivity contribution in [2.24, 2.45) is 0 Å². The van der Waals surface area contributed by atoms with Gasteiger partial charge >= 0.3 is 0 Å². The highest BCUT2D eigenvalue weighted by molar-refractivity contribution is 5.97. The van der Waals surface area contributed by atoms with Crippen LogP contribution in [0.25, 0.3) is 0 Å². The van der Waals surface area contributed by atoms with E-state index in [1.165, 1.54) is 6.20 Å². The van der Waals surface area contributed by atoms with Gasteiger partial charge in [-0.2, -0.15) is 0 Å². The summed E-state index contributed by atoms with van der Waals surface area (Å²) in [4.78, 5) is 15.9. The molecule has 1 saturated carbocycles. The number of carbonyl (C=O) groups is 1. The van der Waals surface area contributed by atoms with Crippen LogP contribution in [-0.2, 0) is 0 Å². The highest BCUT2D eigenvalue weighted by Gasteiger charge is 2.25. The summed E-state index contributed by atoms with van der Waals surface area (Å²) in [5.74, 6) is -0.311. The normalized spacial score (nSPS) is 24.3. The number of amides is 1. The second-order valence-electron chi connectivity index (χ2n) is 4.37. The third-order valence-electron chi connectivity index (χ3n) is 3.10. The van der Waals surface area contributed by atoms with Crippen molar-refractivity contribution >= 4 is 11.6 Å². The summed E-state index contributed by atoms with van der Waals surface area (Å²) in [6.07, 6.45) is 4.65. The summed E-state index contributed by atoms with van der Waals surface area (Å²) in [5.41, 5.74) is 6.26. The van der Waals surface area contributed by atoms with Gasteiger partial charge in [-0.15, -0.1) is 0 Å². The van der Waals surface area contributed by atoms with Crippen LogP contribution in [0.1, 0.15) is 36.2 Å². The molecule has 4 N–H and O–H groups in total. The van der Waals surface area contributed by atoms with Gasteiger partial charge in [-0.3, -0.25) is 4.79 Å². The Kier molecular flexibility index (Phi) is 3.58. The van der Waals surface area contributed by atoms with Gasteiger partial charge in [0.25, 0.3) is 5.91 Å². The van der Waals surface area contributed by atoms with E-state index in [1.807, 2.05) is 0 Å². The number of hydrogen-bond donors (Lipinski definition) is 3. The van der Waals surface area contributed by atoms with E-state index in [-0.39, 0.29) is 17.6 Å². The molecule has 1 aromatic heterocycles. The van der Waals surface area contributed by atoms with E-state index in [0.717, 1.165) is 25.7 Å². The molecular weight excluding hydrogens is 218 g/mol. The number of aromatic nitrogens is 1. The van der Waals surface area contributed by atoms with Crippen LogP contribution in [0.5, 0.6) is 0 Å². The predicted octanol–water partition coefficient (Wildman–Crippen LogP) is 0.697. The number of aliphatic hydroxyl groups is 1. The minimum absolute atomic E-state index is 0.183. The van der Waals surface area contributed by atoms with Gasteiger partial charge in [-0.25, -0.2) is 4.98 Å². The van der Waals surface area contributed by atoms with E-state index in [2.05, 4.69) is 10.3 Å². The Morgan fingerprint density at radius 3 is 2.94 bits per heavy atom. The number of hydrogen-bond acceptors (Lipinski definition) is 4. The number of rotatable bonds is 2. The van der Waals surface area contributed by atoms with Crippen LogP contribution >= 0.6 is 0 Å². The fraction of sp³-hybridized carbons (Fsp3) is 0.500. The van der Waals surface area contributed by atoms with Crippen LogP contribution in [-0.4, -0.2) is 28.1 Å². The van der Waals surface area contributed by atoms with Crippen molar-refractivity contribution in [1.82, 2.24) is 10.3 Å². The molecular formula is C12H17N3O2. The average molecular weight is 235 g/mol. The fourth-order valence-electron chi connectivity index (χ4n) is 2.12. The number of nitrogens with two attached hydrogens (primary N) is 1. The molecule has 0 spiro atoms. The zero-order valence-electron chi connectivity index (χ0n) is 9.60. The number of nitrogens with one attached hydrogen (secondary N) is 1. The maximum absolute atomic E-state index is 11.9. The number of aliphatic hydroxyl groups excluding tert-OH is 1. The average Bonchev–Trinajstić information content (AvgIpc) is 2.32. The Bertz CT molecular complexity index is 408. The molecule has 0 bridgehead atoms. The first-order valence-electron chi connectivity index (χ1n) is 5.88. The van der Waals surface area contributed by atoms with Gasteiger partial charge < -0.3 is 16.2 Å². The molecule has 92 valence electrons. The number of carbonyl (C=O) groups excluding carboxylic acids is 1. The van der Waals surface area contributed by atoms with E-state index < -0.39 is 6.10 Å². The lowest BCUT2D eigenvalue weighted by Crippen LogP contribution is -2.45. The Morgan fingerprint density at radius 1 is 1.47 bits per heavy atom. The van der Waals surface area contributed by atoms with E-state index in [4.69, 9.17) is 5.73 Å². The molecule has 17 heavy (non-hydrogen) atoms. The minimum Gasteiger partial charge on any atom is -0.397 e. The second kappa shape index (κ2) is 5.14. The molecule has 5 heteroatoms. The lowest BCUT2D eigenvalue weighted by Gasteiger charge is -2.28. The number of pyridine rings is 1. The van der Waals surface area contributed by atoms with Crippen LogP contribution in [0.4, 0.5) is 5.69 Å². The summed E-state index contributed by atoms with van der Waals surface area (Å²) < 4.78 is 0. The first-order valence-corrected chi connectivity index (χ1v) is 5.88. The van der Waals surface area contributed by atoms with Crippen LogP contribution in [0.3, 0.4) is 0 Å². The molecule has 1 aliphatic rings. The maximum Gasteiger partial charge on any atom is 0.272 e. The molecule has 2 atom stereocenters. The Balaban J connectivity index is 2.04. The molecule has 1 amide bonds. The molecule has 1 aliphatic carbocycles. The van der Waals surface area contributed by atoms with Crippen LogP contribution in [0, 0.1) is 0 Å². The lowest BCUT2D eigenvalue weighted by atomic mass is 9.92. The molecule has 0 aromatic carbocycles. The van der Waals surface area contributed by atoms with Crippen molar-refractivity contribution in [3.05, 3.63) is 24.0 Å². The van der Waals surface area contributed by atoms with Gasteiger partial charge in [0.2, 0.25) is 0 Å². The predicted molar refractivity (Wildman–Crippen MR) is 64.4 cm³/mol. The van der Waals surface area contributed by atoms with E-state index in [9.17, 15) is 9.90 Å². The van der Waals surface area contributed by atoms with Gasteiger partial charge in [-0.05, 0) is 25.0 Å². The van der Waals surface area contributed by atoms with Crippen molar-refractivity contribution < 1.29 is 9.90 Å².